The minimum atomic E-state index is 0.127. The smallest absolute Gasteiger partial charge is 0.00268 e. The van der Waals surface area contributed by atoms with E-state index in [1.165, 1.54) is 136 Å². The molecule has 0 spiro atoms. The molecule has 2 aliphatic carbocycles. The Morgan fingerprint density at radius 1 is 0.396 bits per heavy atom. The molecule has 6 aromatic rings. The van der Waals surface area contributed by atoms with E-state index in [1.54, 1.807) is 0 Å². The Morgan fingerprint density at radius 3 is 1.21 bits per heavy atom. The molecule has 2 saturated carbocycles. The molecule has 0 nitrogen and oxygen atoms in total. The van der Waals surface area contributed by atoms with Gasteiger partial charge in [0.1, 0.15) is 0 Å². The van der Waals surface area contributed by atoms with Crippen molar-refractivity contribution in [1.82, 2.24) is 0 Å². The Bertz CT molecular complexity index is 1900. The second kappa shape index (κ2) is 13.0. The summed E-state index contributed by atoms with van der Waals surface area (Å²) in [5.74, 6) is 1.47. The van der Waals surface area contributed by atoms with Gasteiger partial charge in [-0.05, 0) is 133 Å². The van der Waals surface area contributed by atoms with Gasteiger partial charge >= 0.3 is 0 Å². The maximum Gasteiger partial charge on any atom is -0.00268 e. The normalized spacial score (nSPS) is 16.5. The first-order valence-corrected chi connectivity index (χ1v) is 18.7. The molecule has 0 radical (unpaired) electrons. The molecule has 0 atom stereocenters. The lowest BCUT2D eigenvalue weighted by molar-refractivity contribution is 0.443. The summed E-state index contributed by atoms with van der Waals surface area (Å²) in [5.41, 5.74) is 12.3. The molecule has 6 aromatic carbocycles. The van der Waals surface area contributed by atoms with Crippen LogP contribution in [0.25, 0.3) is 54.9 Å². The predicted molar refractivity (Wildman–Crippen MR) is 208 cm³/mol. The number of benzene rings is 6. The van der Waals surface area contributed by atoms with Crippen LogP contribution in [0.5, 0.6) is 0 Å². The summed E-state index contributed by atoms with van der Waals surface area (Å²) in [7, 11) is 0. The average Bonchev–Trinajstić information content (AvgIpc) is 3.14. The Kier molecular flexibility index (Phi) is 8.46. The maximum absolute atomic E-state index is 2.43. The van der Waals surface area contributed by atoms with Crippen molar-refractivity contribution in [2.75, 3.05) is 0 Å². The van der Waals surface area contributed by atoms with Crippen molar-refractivity contribution in [1.29, 1.82) is 0 Å². The van der Waals surface area contributed by atoms with Gasteiger partial charge in [-0.1, -0.05) is 156 Å². The first-order valence-electron chi connectivity index (χ1n) is 18.7. The van der Waals surface area contributed by atoms with Crippen molar-refractivity contribution < 1.29 is 0 Å². The summed E-state index contributed by atoms with van der Waals surface area (Å²) in [5, 5.41) is 5.24. The molecule has 8 rings (SSSR count). The highest BCUT2D eigenvalue weighted by atomic mass is 14.2. The van der Waals surface area contributed by atoms with E-state index in [2.05, 4.69) is 136 Å². The van der Waals surface area contributed by atoms with Crippen LogP contribution in [0.1, 0.15) is 114 Å². The fourth-order valence-corrected chi connectivity index (χ4v) is 8.71. The van der Waals surface area contributed by atoms with E-state index < -0.39 is 0 Å². The lowest BCUT2D eigenvalue weighted by atomic mass is 9.83. The van der Waals surface area contributed by atoms with Crippen LogP contribution in [-0.4, -0.2) is 0 Å². The van der Waals surface area contributed by atoms with Crippen molar-refractivity contribution in [3.63, 3.8) is 0 Å². The summed E-state index contributed by atoms with van der Waals surface area (Å²) in [4.78, 5) is 0. The maximum atomic E-state index is 2.43. The minimum Gasteiger partial charge on any atom is -0.0581 e. The molecule has 0 aliphatic heterocycles. The van der Waals surface area contributed by atoms with Gasteiger partial charge in [0, 0.05) is 0 Å². The van der Waals surface area contributed by atoms with Gasteiger partial charge in [-0.15, -0.1) is 0 Å². The van der Waals surface area contributed by atoms with Gasteiger partial charge in [-0.3, -0.25) is 0 Å². The van der Waals surface area contributed by atoms with Crippen LogP contribution in [0.15, 0.2) is 115 Å². The SMILES string of the molecule is CC(C)(C)c1ccc(-c2c3ccc(-c4ccc(C5CCCCC5)cc4)cc3cc3cc(-c4ccc(C5CCCCC5)cc4)ccc23)cc1. The predicted octanol–water partition coefficient (Wildman–Crippen LogP) is 14.4. The van der Waals surface area contributed by atoms with Crippen molar-refractivity contribution in [2.45, 2.75) is 102 Å². The number of hydrogen-bond acceptors (Lipinski definition) is 0. The van der Waals surface area contributed by atoms with E-state index in [-0.39, 0.29) is 5.41 Å². The highest BCUT2D eigenvalue weighted by Gasteiger charge is 2.19. The van der Waals surface area contributed by atoms with Crippen molar-refractivity contribution in [2.24, 2.45) is 0 Å². The first kappa shape index (κ1) is 31.1. The summed E-state index contributed by atoms with van der Waals surface area (Å²) in [6.45, 7) is 6.88. The second-order valence-corrected chi connectivity index (χ2v) is 15.9. The molecule has 0 aromatic heterocycles. The molecule has 2 aliphatic rings. The fraction of sp³-hybridized carbons (Fsp3) is 0.333. The Labute approximate surface area is 288 Å². The third-order valence-electron chi connectivity index (χ3n) is 11.6. The van der Waals surface area contributed by atoms with Crippen LogP contribution in [-0.2, 0) is 5.41 Å². The molecule has 0 N–H and O–H groups in total. The molecule has 2 fully saturated rings. The highest BCUT2D eigenvalue weighted by Crippen LogP contribution is 2.41. The first-order chi connectivity index (χ1) is 23.4. The standard InChI is InChI=1S/C48H50/c1-48(2,3)44-26-22-39(23-27-44)47-45-28-24-40(37-18-14-35(15-19-37)33-10-6-4-7-11-33)30-42(45)32-43-31-41(25-29-46(43)47)38-20-16-36(17-21-38)34-12-8-5-9-13-34/h14-34H,4-13H2,1-3H3. The second-order valence-electron chi connectivity index (χ2n) is 15.9. The molecule has 0 heterocycles. The van der Waals surface area contributed by atoms with Gasteiger partial charge in [0.05, 0.1) is 0 Å². The molecule has 0 unspecified atom stereocenters. The number of hydrogen-bond donors (Lipinski definition) is 0. The van der Waals surface area contributed by atoms with E-state index in [4.69, 9.17) is 0 Å². The summed E-state index contributed by atoms with van der Waals surface area (Å²) in [6, 6.07) is 45.0. The van der Waals surface area contributed by atoms with Gasteiger partial charge in [-0.25, -0.2) is 0 Å². The van der Waals surface area contributed by atoms with E-state index in [9.17, 15) is 0 Å². The summed E-state index contributed by atoms with van der Waals surface area (Å²) in [6.07, 6.45) is 13.7. The summed E-state index contributed by atoms with van der Waals surface area (Å²) < 4.78 is 0. The Morgan fingerprint density at radius 2 is 0.792 bits per heavy atom. The Balaban J connectivity index is 1.21. The molecule has 0 heteroatoms. The molecular weight excluding hydrogens is 577 g/mol. The van der Waals surface area contributed by atoms with Crippen LogP contribution in [0, 0.1) is 0 Å². The largest absolute Gasteiger partial charge is 0.0581 e. The van der Waals surface area contributed by atoms with Crippen LogP contribution < -0.4 is 0 Å². The van der Waals surface area contributed by atoms with Crippen LogP contribution in [0.4, 0.5) is 0 Å². The monoisotopic (exact) mass is 626 g/mol. The van der Waals surface area contributed by atoms with Gasteiger partial charge in [0.15, 0.2) is 0 Å². The van der Waals surface area contributed by atoms with E-state index in [0.717, 1.165) is 11.8 Å². The minimum absolute atomic E-state index is 0.127. The van der Waals surface area contributed by atoms with E-state index in [1.807, 2.05) is 0 Å². The zero-order valence-corrected chi connectivity index (χ0v) is 29.2. The lowest BCUT2D eigenvalue weighted by Crippen LogP contribution is -2.10. The van der Waals surface area contributed by atoms with E-state index >= 15 is 0 Å². The summed E-state index contributed by atoms with van der Waals surface area (Å²) >= 11 is 0. The van der Waals surface area contributed by atoms with Gasteiger partial charge in [-0.2, -0.15) is 0 Å². The van der Waals surface area contributed by atoms with Crippen LogP contribution in [0.3, 0.4) is 0 Å². The molecule has 48 heavy (non-hydrogen) atoms. The van der Waals surface area contributed by atoms with Crippen molar-refractivity contribution in [3.05, 3.63) is 132 Å². The van der Waals surface area contributed by atoms with Gasteiger partial charge in [0.25, 0.3) is 0 Å². The zero-order chi connectivity index (χ0) is 32.7. The van der Waals surface area contributed by atoms with Crippen molar-refractivity contribution in [3.8, 4) is 33.4 Å². The van der Waals surface area contributed by atoms with Crippen LogP contribution >= 0.6 is 0 Å². The molecule has 242 valence electrons. The lowest BCUT2D eigenvalue weighted by Gasteiger charge is -2.22. The molecule has 0 saturated heterocycles. The Hall–Kier alpha value is -4.16. The highest BCUT2D eigenvalue weighted by molar-refractivity contribution is 6.14. The average molecular weight is 627 g/mol. The van der Waals surface area contributed by atoms with Gasteiger partial charge < -0.3 is 0 Å². The van der Waals surface area contributed by atoms with E-state index in [0.29, 0.717) is 0 Å². The fourth-order valence-electron chi connectivity index (χ4n) is 8.71. The zero-order valence-electron chi connectivity index (χ0n) is 29.2. The molecule has 0 amide bonds. The van der Waals surface area contributed by atoms with Gasteiger partial charge in [0.2, 0.25) is 0 Å². The quantitative estimate of drug-likeness (QED) is 0.167. The van der Waals surface area contributed by atoms with Crippen LogP contribution in [0.2, 0.25) is 0 Å². The van der Waals surface area contributed by atoms with Crippen molar-refractivity contribution >= 4 is 21.5 Å². The third kappa shape index (κ3) is 6.23. The molecular formula is C48H50. The number of fused-ring (bicyclic) bond motifs is 2. The topological polar surface area (TPSA) is 0 Å². The third-order valence-corrected chi connectivity index (χ3v) is 11.6. The number of rotatable bonds is 5. The molecule has 0 bridgehead atoms.